The smallest absolute Gasteiger partial charge is 0.224 e. The number of ether oxygens (including phenoxy) is 2. The highest BCUT2D eigenvalue weighted by Gasteiger charge is 2.08. The highest BCUT2D eigenvalue weighted by Crippen LogP contribution is 2.29. The lowest BCUT2D eigenvalue weighted by Crippen LogP contribution is -1.88. The van der Waals surface area contributed by atoms with E-state index in [1.807, 2.05) is 0 Å². The van der Waals surface area contributed by atoms with Crippen molar-refractivity contribution in [3.63, 3.8) is 0 Å². The Labute approximate surface area is 96.5 Å². The summed E-state index contributed by atoms with van der Waals surface area (Å²) in [6.07, 6.45) is 0. The second kappa shape index (κ2) is 4.49. The molecule has 1 aromatic carbocycles. The van der Waals surface area contributed by atoms with Crippen LogP contribution in [0, 0.1) is 5.82 Å². The van der Waals surface area contributed by atoms with E-state index in [-0.39, 0.29) is 5.75 Å². The van der Waals surface area contributed by atoms with Crippen molar-refractivity contribution in [2.75, 3.05) is 14.2 Å². The first kappa shape index (κ1) is 10.9. The van der Waals surface area contributed by atoms with Crippen LogP contribution in [0.3, 0.4) is 0 Å². The summed E-state index contributed by atoms with van der Waals surface area (Å²) in [7, 11) is 2.98. The zero-order chi connectivity index (χ0) is 11.5. The predicted molar refractivity (Wildman–Crippen MR) is 60.6 cm³/mol. The van der Waals surface area contributed by atoms with Crippen LogP contribution < -0.4 is 9.47 Å². The monoisotopic (exact) mass is 239 g/mol. The van der Waals surface area contributed by atoms with Gasteiger partial charge in [0, 0.05) is 5.56 Å². The number of hydrogen-bond acceptors (Lipinski definition) is 4. The summed E-state index contributed by atoms with van der Waals surface area (Å²) in [6.45, 7) is 0. The summed E-state index contributed by atoms with van der Waals surface area (Å²) < 4.78 is 23.3. The average Bonchev–Trinajstić information content (AvgIpc) is 2.77. The van der Waals surface area contributed by atoms with Gasteiger partial charge in [0.05, 0.1) is 19.6 Å². The van der Waals surface area contributed by atoms with Crippen LogP contribution in [-0.4, -0.2) is 19.2 Å². The lowest BCUT2D eigenvalue weighted by Gasteiger charge is -2.02. The van der Waals surface area contributed by atoms with Gasteiger partial charge in [0.2, 0.25) is 5.88 Å². The van der Waals surface area contributed by atoms with Crippen molar-refractivity contribution in [1.82, 2.24) is 4.98 Å². The average molecular weight is 239 g/mol. The molecule has 0 N–H and O–H groups in total. The zero-order valence-corrected chi connectivity index (χ0v) is 9.68. The molecular weight excluding hydrogens is 229 g/mol. The van der Waals surface area contributed by atoms with E-state index in [0.29, 0.717) is 11.4 Å². The standard InChI is InChI=1S/C11H10FNO2S/c1-14-9-4-3-7(5-8(9)12)11-13-10(15-2)6-16-11/h3-6H,1-2H3. The number of benzene rings is 1. The van der Waals surface area contributed by atoms with Crippen molar-refractivity contribution in [3.8, 4) is 22.2 Å². The molecule has 0 aliphatic carbocycles. The molecule has 0 amide bonds. The van der Waals surface area contributed by atoms with Crippen LogP contribution in [0.25, 0.3) is 10.6 Å². The van der Waals surface area contributed by atoms with Gasteiger partial charge in [-0.25, -0.2) is 9.37 Å². The molecule has 3 nitrogen and oxygen atoms in total. The lowest BCUT2D eigenvalue weighted by molar-refractivity contribution is 0.386. The highest BCUT2D eigenvalue weighted by molar-refractivity contribution is 7.13. The van der Waals surface area contributed by atoms with Crippen molar-refractivity contribution >= 4 is 11.3 Å². The summed E-state index contributed by atoms with van der Waals surface area (Å²) in [5.74, 6) is 0.373. The number of thiazole rings is 1. The van der Waals surface area contributed by atoms with Gasteiger partial charge in [-0.15, -0.1) is 11.3 Å². The Morgan fingerprint density at radius 2 is 2.06 bits per heavy atom. The molecule has 0 saturated heterocycles. The minimum atomic E-state index is -0.394. The van der Waals surface area contributed by atoms with E-state index >= 15 is 0 Å². The maximum atomic E-state index is 13.4. The van der Waals surface area contributed by atoms with E-state index in [9.17, 15) is 4.39 Å². The number of methoxy groups -OCH3 is 2. The topological polar surface area (TPSA) is 31.4 Å². The molecule has 0 radical (unpaired) electrons. The molecule has 1 heterocycles. The summed E-state index contributed by atoms with van der Waals surface area (Å²) in [4.78, 5) is 4.18. The van der Waals surface area contributed by atoms with Gasteiger partial charge in [0.1, 0.15) is 5.01 Å². The first-order valence-electron chi connectivity index (χ1n) is 4.58. The van der Waals surface area contributed by atoms with Crippen LogP contribution in [0.1, 0.15) is 0 Å². The van der Waals surface area contributed by atoms with Gasteiger partial charge in [0.15, 0.2) is 11.6 Å². The molecule has 0 atom stereocenters. The molecule has 84 valence electrons. The molecule has 0 saturated carbocycles. The minimum absolute atomic E-state index is 0.229. The second-order valence-corrected chi connectivity index (χ2v) is 3.90. The van der Waals surface area contributed by atoms with Gasteiger partial charge in [-0.05, 0) is 18.2 Å². The SMILES string of the molecule is COc1csc(-c2ccc(OC)c(F)c2)n1. The third kappa shape index (κ3) is 1.99. The fourth-order valence-electron chi connectivity index (χ4n) is 1.28. The Kier molecular flexibility index (Phi) is 3.05. The number of hydrogen-bond donors (Lipinski definition) is 0. The van der Waals surface area contributed by atoms with Gasteiger partial charge in [-0.1, -0.05) is 0 Å². The van der Waals surface area contributed by atoms with Crippen molar-refractivity contribution < 1.29 is 13.9 Å². The molecule has 2 rings (SSSR count). The fraction of sp³-hybridized carbons (Fsp3) is 0.182. The molecule has 5 heteroatoms. The minimum Gasteiger partial charge on any atom is -0.494 e. The second-order valence-electron chi connectivity index (χ2n) is 3.04. The number of nitrogens with zero attached hydrogens (tertiary/aromatic N) is 1. The van der Waals surface area contributed by atoms with Crippen molar-refractivity contribution in [1.29, 1.82) is 0 Å². The normalized spacial score (nSPS) is 10.2. The van der Waals surface area contributed by atoms with E-state index in [4.69, 9.17) is 9.47 Å². The maximum absolute atomic E-state index is 13.4. The maximum Gasteiger partial charge on any atom is 0.224 e. The third-order valence-electron chi connectivity index (χ3n) is 2.09. The van der Waals surface area contributed by atoms with E-state index in [1.165, 1.54) is 24.5 Å². The van der Waals surface area contributed by atoms with Gasteiger partial charge >= 0.3 is 0 Å². The van der Waals surface area contributed by atoms with Crippen LogP contribution in [0.15, 0.2) is 23.6 Å². The van der Waals surface area contributed by atoms with Crippen LogP contribution in [0.2, 0.25) is 0 Å². The summed E-state index contributed by atoms with van der Waals surface area (Å²) in [6, 6.07) is 4.75. The van der Waals surface area contributed by atoms with Gasteiger partial charge in [-0.2, -0.15) is 0 Å². The van der Waals surface area contributed by atoms with Crippen molar-refractivity contribution in [2.24, 2.45) is 0 Å². The molecule has 0 aliphatic rings. The summed E-state index contributed by atoms with van der Waals surface area (Å²) >= 11 is 1.41. The number of halogens is 1. The van der Waals surface area contributed by atoms with Crippen LogP contribution >= 0.6 is 11.3 Å². The fourth-order valence-corrected chi connectivity index (χ4v) is 2.05. The molecule has 0 unspecified atom stereocenters. The largest absolute Gasteiger partial charge is 0.494 e. The Morgan fingerprint density at radius 1 is 1.25 bits per heavy atom. The first-order chi connectivity index (χ1) is 7.74. The summed E-state index contributed by atoms with van der Waals surface area (Å²) in [5.41, 5.74) is 0.714. The van der Waals surface area contributed by atoms with Crippen LogP contribution in [-0.2, 0) is 0 Å². The quantitative estimate of drug-likeness (QED) is 0.825. The third-order valence-corrected chi connectivity index (χ3v) is 2.96. The Morgan fingerprint density at radius 3 is 2.62 bits per heavy atom. The summed E-state index contributed by atoms with van der Waals surface area (Å²) in [5, 5.41) is 2.50. The van der Waals surface area contributed by atoms with E-state index in [2.05, 4.69) is 4.98 Å². The van der Waals surface area contributed by atoms with Gasteiger partial charge < -0.3 is 9.47 Å². The molecule has 0 aliphatic heterocycles. The van der Waals surface area contributed by atoms with Crippen molar-refractivity contribution in [3.05, 3.63) is 29.4 Å². The zero-order valence-electron chi connectivity index (χ0n) is 8.86. The molecule has 1 aromatic heterocycles. The van der Waals surface area contributed by atoms with Gasteiger partial charge in [0.25, 0.3) is 0 Å². The van der Waals surface area contributed by atoms with E-state index < -0.39 is 5.82 Å². The Hall–Kier alpha value is -1.62. The lowest BCUT2D eigenvalue weighted by atomic mass is 10.2. The van der Waals surface area contributed by atoms with Gasteiger partial charge in [-0.3, -0.25) is 0 Å². The molecule has 2 aromatic rings. The molecule has 16 heavy (non-hydrogen) atoms. The van der Waals surface area contributed by atoms with E-state index in [1.54, 1.807) is 24.6 Å². The number of rotatable bonds is 3. The molecular formula is C11H10FNO2S. The Balaban J connectivity index is 2.37. The van der Waals surface area contributed by atoms with Crippen molar-refractivity contribution in [2.45, 2.75) is 0 Å². The van der Waals surface area contributed by atoms with Crippen LogP contribution in [0.4, 0.5) is 4.39 Å². The molecule has 0 fully saturated rings. The molecule has 0 bridgehead atoms. The molecule has 0 spiro atoms. The predicted octanol–water partition coefficient (Wildman–Crippen LogP) is 2.97. The van der Waals surface area contributed by atoms with Crippen LogP contribution in [0.5, 0.6) is 11.6 Å². The first-order valence-corrected chi connectivity index (χ1v) is 5.46. The van der Waals surface area contributed by atoms with E-state index in [0.717, 1.165) is 5.01 Å². The number of aromatic nitrogens is 1. The highest BCUT2D eigenvalue weighted by atomic mass is 32.1. The Bertz CT molecular complexity index is 498.